The number of benzene rings is 1. The van der Waals surface area contributed by atoms with E-state index < -0.39 is 28.8 Å². The molecule has 2 heterocycles. The molecule has 9 heteroatoms. The second-order valence-electron chi connectivity index (χ2n) is 6.83. The molecule has 0 radical (unpaired) electrons. The Morgan fingerprint density at radius 3 is 2.57 bits per heavy atom. The molecule has 0 saturated carbocycles. The van der Waals surface area contributed by atoms with E-state index in [4.69, 9.17) is 5.11 Å². The van der Waals surface area contributed by atoms with Crippen molar-refractivity contribution in [2.24, 2.45) is 0 Å². The minimum Gasteiger partial charge on any atom is -0.870 e. The molecule has 0 bridgehead atoms. The average molecular weight is 421 g/mol. The molecule has 1 unspecified atom stereocenters. The van der Waals surface area contributed by atoms with Gasteiger partial charge in [0.15, 0.2) is 0 Å². The van der Waals surface area contributed by atoms with Crippen LogP contribution in [0.1, 0.15) is 35.3 Å². The van der Waals surface area contributed by atoms with E-state index in [9.17, 15) is 19.1 Å². The number of hydrogen-bond acceptors (Lipinski definition) is 5. The molecule has 152 valence electrons. The first kappa shape index (κ1) is 24.0. The number of pyridine rings is 2. The van der Waals surface area contributed by atoms with Gasteiger partial charge in [-0.05, 0) is 49.6 Å². The molecule has 0 aliphatic rings. The zero-order valence-electron chi connectivity index (χ0n) is 17.1. The maximum Gasteiger partial charge on any atom is 1.00 e. The summed E-state index contributed by atoms with van der Waals surface area (Å²) in [4.78, 5) is 29.4. The summed E-state index contributed by atoms with van der Waals surface area (Å²) >= 11 is 0. The number of aliphatic hydroxyl groups excluding tert-OH is 1. The molecular formula is C21H21FN3NaO4. The van der Waals surface area contributed by atoms with E-state index in [0.717, 1.165) is 11.1 Å². The zero-order chi connectivity index (χ0) is 21.1. The van der Waals surface area contributed by atoms with Crippen molar-refractivity contribution in [1.82, 2.24) is 14.9 Å². The molecule has 0 aliphatic carbocycles. The Hall–Kier alpha value is -2.26. The van der Waals surface area contributed by atoms with Gasteiger partial charge in [-0.25, -0.2) is 4.39 Å². The van der Waals surface area contributed by atoms with E-state index in [0.29, 0.717) is 11.9 Å². The van der Waals surface area contributed by atoms with Gasteiger partial charge in [0.2, 0.25) is 0 Å². The van der Waals surface area contributed by atoms with Crippen LogP contribution in [0, 0.1) is 5.82 Å². The summed E-state index contributed by atoms with van der Waals surface area (Å²) in [6, 6.07) is 7.12. The van der Waals surface area contributed by atoms with Crippen LogP contribution < -0.4 is 45.5 Å². The molecule has 0 fully saturated rings. The third-order valence-electron chi connectivity index (χ3n) is 4.63. The monoisotopic (exact) mass is 421 g/mol. The van der Waals surface area contributed by atoms with Crippen LogP contribution >= 0.6 is 0 Å². The first-order chi connectivity index (χ1) is 13.8. The number of hydrogen-bond donors (Lipinski definition) is 2. The van der Waals surface area contributed by atoms with Crippen molar-refractivity contribution >= 4 is 16.9 Å². The molecular weight excluding hydrogens is 400 g/mol. The number of carbonyl (C=O) groups is 1. The smallest absolute Gasteiger partial charge is 0.870 e. The maximum atomic E-state index is 13.1. The van der Waals surface area contributed by atoms with Crippen molar-refractivity contribution in [3.8, 4) is 5.75 Å². The molecule has 0 spiro atoms. The quantitative estimate of drug-likeness (QED) is 0.463. The van der Waals surface area contributed by atoms with Gasteiger partial charge < -0.3 is 20.1 Å². The Bertz CT molecular complexity index is 1120. The molecule has 7 nitrogen and oxygen atoms in total. The third kappa shape index (κ3) is 4.89. The molecule has 3 aromatic rings. The zero-order valence-corrected chi connectivity index (χ0v) is 19.1. The van der Waals surface area contributed by atoms with Gasteiger partial charge in [-0.3, -0.25) is 14.6 Å². The van der Waals surface area contributed by atoms with Gasteiger partial charge in [0.1, 0.15) is 5.82 Å². The topological polar surface area (TPSA) is 107 Å². The minimum absolute atomic E-state index is 0. The van der Waals surface area contributed by atoms with Gasteiger partial charge in [0.05, 0.1) is 23.2 Å². The fourth-order valence-corrected chi connectivity index (χ4v) is 3.13. The first-order valence-corrected chi connectivity index (χ1v) is 9.24. The van der Waals surface area contributed by atoms with Crippen molar-refractivity contribution in [1.29, 1.82) is 0 Å². The summed E-state index contributed by atoms with van der Waals surface area (Å²) in [7, 11) is 0. The second-order valence-corrected chi connectivity index (χ2v) is 6.83. The van der Waals surface area contributed by atoms with Crippen LogP contribution in [0.25, 0.3) is 11.0 Å². The van der Waals surface area contributed by atoms with Gasteiger partial charge in [0.25, 0.3) is 11.5 Å². The Morgan fingerprint density at radius 1 is 1.30 bits per heavy atom. The predicted octanol–water partition coefficient (Wildman–Crippen LogP) is -1.67. The fraction of sp³-hybridized carbons (Fsp3) is 0.286. The summed E-state index contributed by atoms with van der Waals surface area (Å²) < 4.78 is 14.4. The molecule has 1 aromatic carbocycles. The van der Waals surface area contributed by atoms with Gasteiger partial charge in [-0.15, -0.1) is 0 Å². The average Bonchev–Trinajstić information content (AvgIpc) is 2.70. The van der Waals surface area contributed by atoms with E-state index in [-0.39, 0.29) is 54.0 Å². The van der Waals surface area contributed by atoms with E-state index in [2.05, 4.69) is 10.3 Å². The molecule has 30 heavy (non-hydrogen) atoms. The van der Waals surface area contributed by atoms with Crippen LogP contribution in [0.3, 0.4) is 0 Å². The molecule has 2 N–H and O–H groups in total. The van der Waals surface area contributed by atoms with Crippen molar-refractivity contribution in [3.05, 3.63) is 69.4 Å². The molecule has 3 rings (SSSR count). The van der Waals surface area contributed by atoms with E-state index in [1.54, 1.807) is 32.0 Å². The largest absolute Gasteiger partial charge is 1.00 e. The Kier molecular flexibility index (Phi) is 8.14. The predicted molar refractivity (Wildman–Crippen MR) is 104 cm³/mol. The van der Waals surface area contributed by atoms with Crippen LogP contribution in [-0.4, -0.2) is 33.2 Å². The standard InChI is InChI=1S/C21H22FN3O4.Na/c1-3-25-16-9-14(8-13-4-6-15(22)7-5-13)10-23-18(16)19(27)17(21(25)29)20(28)24-12(2)11-26;/h4-7,9-10,12,26-27H,3,8,11H2,1-2H3,(H,24,28);/q;+1/p-1. The molecule has 2 aromatic heterocycles. The number of halogens is 1. The number of aromatic nitrogens is 2. The van der Waals surface area contributed by atoms with Crippen molar-refractivity contribution in [3.63, 3.8) is 0 Å². The van der Waals surface area contributed by atoms with Crippen LogP contribution in [0.5, 0.6) is 5.75 Å². The maximum absolute atomic E-state index is 13.1. The van der Waals surface area contributed by atoms with Gasteiger partial charge in [0, 0.05) is 18.8 Å². The van der Waals surface area contributed by atoms with E-state index in [1.807, 2.05) is 0 Å². The van der Waals surface area contributed by atoms with Crippen LogP contribution in [0.2, 0.25) is 0 Å². The number of carbonyl (C=O) groups excluding carboxylic acids is 1. The van der Waals surface area contributed by atoms with Gasteiger partial charge in [-0.2, -0.15) is 0 Å². The molecule has 0 aliphatic heterocycles. The number of rotatable bonds is 6. The Balaban J connectivity index is 0.00000320. The first-order valence-electron chi connectivity index (χ1n) is 9.24. The fourth-order valence-electron chi connectivity index (χ4n) is 3.13. The number of amides is 1. The second kappa shape index (κ2) is 10.2. The number of aliphatic hydroxyl groups is 1. The normalized spacial score (nSPS) is 11.7. The minimum atomic E-state index is -0.831. The van der Waals surface area contributed by atoms with E-state index >= 15 is 0 Å². The Labute approximate surface area is 194 Å². The number of fused-ring (bicyclic) bond motifs is 1. The van der Waals surface area contributed by atoms with Gasteiger partial charge >= 0.3 is 29.6 Å². The molecule has 1 atom stereocenters. The van der Waals surface area contributed by atoms with Crippen LogP contribution in [0.4, 0.5) is 4.39 Å². The third-order valence-corrected chi connectivity index (χ3v) is 4.63. The summed E-state index contributed by atoms with van der Waals surface area (Å²) in [5, 5.41) is 24.3. The number of nitrogens with zero attached hydrogens (tertiary/aromatic N) is 2. The summed E-state index contributed by atoms with van der Waals surface area (Å²) in [5.41, 5.74) is 0.752. The molecule has 0 saturated heterocycles. The molecule has 1 amide bonds. The van der Waals surface area contributed by atoms with Crippen molar-refractivity contribution < 1.29 is 49.0 Å². The SMILES string of the molecule is CCn1c(=O)c(C(=O)NC(C)CO)c([O-])c2ncc(Cc3ccc(F)cc3)cc21.[Na+]. The van der Waals surface area contributed by atoms with Crippen LogP contribution in [0.15, 0.2) is 41.3 Å². The van der Waals surface area contributed by atoms with Crippen molar-refractivity contribution in [2.45, 2.75) is 32.9 Å². The summed E-state index contributed by atoms with van der Waals surface area (Å²) in [5.74, 6) is -1.91. The van der Waals surface area contributed by atoms with Crippen molar-refractivity contribution in [2.75, 3.05) is 6.61 Å². The van der Waals surface area contributed by atoms with Gasteiger partial charge in [-0.1, -0.05) is 17.9 Å². The summed E-state index contributed by atoms with van der Waals surface area (Å²) in [6.07, 6.45) is 1.96. The van der Waals surface area contributed by atoms with Crippen LogP contribution in [-0.2, 0) is 13.0 Å². The Morgan fingerprint density at radius 2 is 1.97 bits per heavy atom. The van der Waals surface area contributed by atoms with E-state index in [1.165, 1.54) is 22.9 Å². The number of nitrogens with one attached hydrogen (secondary N) is 1. The number of aryl methyl sites for hydroxylation is 1. The summed E-state index contributed by atoms with van der Waals surface area (Å²) in [6.45, 7) is 3.21.